The highest BCUT2D eigenvalue weighted by molar-refractivity contribution is 5.86. The number of rotatable bonds is 8. The van der Waals surface area contributed by atoms with E-state index >= 15 is 0 Å². The van der Waals surface area contributed by atoms with Gasteiger partial charge in [0.25, 0.3) is 0 Å². The van der Waals surface area contributed by atoms with Crippen LogP contribution in [0.1, 0.15) is 105 Å². The molecule has 4 rings (SSSR count). The van der Waals surface area contributed by atoms with Crippen molar-refractivity contribution in [3.8, 4) is 11.5 Å². The van der Waals surface area contributed by atoms with Gasteiger partial charge >= 0.3 is 0 Å². The predicted octanol–water partition coefficient (Wildman–Crippen LogP) is 9.72. The van der Waals surface area contributed by atoms with Crippen molar-refractivity contribution in [2.75, 3.05) is 0 Å². The van der Waals surface area contributed by atoms with Crippen LogP contribution >= 0.6 is 0 Å². The Hall–Kier alpha value is -4.18. The molecular weight excluding hydrogens is 528 g/mol. The minimum atomic E-state index is -0.210. The molecule has 0 heterocycles. The van der Waals surface area contributed by atoms with Crippen LogP contribution in [0.3, 0.4) is 0 Å². The molecule has 4 aromatic rings. The molecule has 4 aromatic carbocycles. The maximum Gasteiger partial charge on any atom is 0.128 e. The zero-order valence-electron chi connectivity index (χ0n) is 26.9. The molecule has 224 valence electrons. The van der Waals surface area contributed by atoms with Gasteiger partial charge in [0.1, 0.15) is 11.5 Å². The van der Waals surface area contributed by atoms with Crippen LogP contribution in [0, 0.1) is 13.8 Å². The summed E-state index contributed by atoms with van der Waals surface area (Å²) in [7, 11) is 0. The molecule has 0 bridgehead atoms. The lowest BCUT2D eigenvalue weighted by atomic mass is 9.84. The third kappa shape index (κ3) is 8.01. The Bertz CT molecular complexity index is 1470. The van der Waals surface area contributed by atoms with Crippen molar-refractivity contribution in [1.29, 1.82) is 0 Å². The van der Waals surface area contributed by atoms with Crippen molar-refractivity contribution >= 4 is 12.4 Å². The van der Waals surface area contributed by atoms with E-state index in [0.29, 0.717) is 17.5 Å². The summed E-state index contributed by atoms with van der Waals surface area (Å²) in [6.07, 6.45) is 4.23. The average Bonchev–Trinajstić information content (AvgIpc) is 2.95. The first-order valence-electron chi connectivity index (χ1n) is 15.1. The van der Waals surface area contributed by atoms with Gasteiger partial charge in [0, 0.05) is 41.1 Å². The molecule has 0 aliphatic heterocycles. The first kappa shape index (κ1) is 31.7. The minimum absolute atomic E-state index is 0.196. The van der Waals surface area contributed by atoms with Gasteiger partial charge in [0.15, 0.2) is 0 Å². The van der Waals surface area contributed by atoms with Gasteiger partial charge in [0.2, 0.25) is 0 Å². The van der Waals surface area contributed by atoms with Crippen LogP contribution in [-0.2, 0) is 10.8 Å². The highest BCUT2D eigenvalue weighted by atomic mass is 16.3. The molecule has 0 fully saturated rings. The van der Waals surface area contributed by atoms with E-state index in [1.807, 2.05) is 86.9 Å². The van der Waals surface area contributed by atoms with E-state index in [9.17, 15) is 10.2 Å². The smallest absolute Gasteiger partial charge is 0.128 e. The fourth-order valence-corrected chi connectivity index (χ4v) is 5.42. The SMILES string of the molecule is Cc1cc(C=N[C@@H](C[C@H](N=Cc2cc(C)cc(C(C)(C)C)c2O)c2ccccc2)c2ccccc2)c(O)c(C(C)(C)C)c1. The number of hydrogen-bond acceptors (Lipinski definition) is 4. The van der Waals surface area contributed by atoms with Crippen molar-refractivity contribution in [3.05, 3.63) is 129 Å². The number of nitrogens with zero attached hydrogens (tertiary/aromatic N) is 2. The van der Waals surface area contributed by atoms with Crippen molar-refractivity contribution in [2.45, 2.75) is 84.7 Å². The molecule has 0 aliphatic carbocycles. The van der Waals surface area contributed by atoms with Gasteiger partial charge in [-0.1, -0.05) is 114 Å². The lowest BCUT2D eigenvalue weighted by Gasteiger charge is -2.23. The highest BCUT2D eigenvalue weighted by Crippen LogP contribution is 2.37. The van der Waals surface area contributed by atoms with E-state index in [1.165, 1.54) is 0 Å². The number of aromatic hydroxyl groups is 2. The van der Waals surface area contributed by atoms with Gasteiger partial charge < -0.3 is 10.2 Å². The van der Waals surface area contributed by atoms with E-state index in [2.05, 4.69) is 65.8 Å². The lowest BCUT2D eigenvalue weighted by molar-refractivity contribution is 0.445. The van der Waals surface area contributed by atoms with E-state index in [1.54, 1.807) is 0 Å². The molecular formula is C39H46N2O2. The van der Waals surface area contributed by atoms with Crippen LogP contribution in [0.25, 0.3) is 0 Å². The van der Waals surface area contributed by atoms with E-state index in [4.69, 9.17) is 9.98 Å². The Kier molecular flexibility index (Phi) is 9.59. The number of aryl methyl sites for hydroxylation is 2. The zero-order chi connectivity index (χ0) is 31.4. The fourth-order valence-electron chi connectivity index (χ4n) is 5.42. The van der Waals surface area contributed by atoms with Crippen LogP contribution in [0.4, 0.5) is 0 Å². The van der Waals surface area contributed by atoms with Gasteiger partial charge in [0.05, 0.1) is 12.1 Å². The highest BCUT2D eigenvalue weighted by Gasteiger charge is 2.23. The van der Waals surface area contributed by atoms with Crippen LogP contribution < -0.4 is 0 Å². The van der Waals surface area contributed by atoms with Gasteiger partial charge in [-0.15, -0.1) is 0 Å². The largest absolute Gasteiger partial charge is 0.507 e. The lowest BCUT2D eigenvalue weighted by Crippen LogP contribution is -2.13. The Morgan fingerprint density at radius 2 is 0.930 bits per heavy atom. The molecule has 4 heteroatoms. The van der Waals surface area contributed by atoms with Crippen molar-refractivity contribution in [1.82, 2.24) is 0 Å². The minimum Gasteiger partial charge on any atom is -0.507 e. The summed E-state index contributed by atoms with van der Waals surface area (Å²) in [4.78, 5) is 10.2. The van der Waals surface area contributed by atoms with Crippen LogP contribution in [0.2, 0.25) is 0 Å². The Balaban J connectivity index is 1.77. The zero-order valence-corrected chi connectivity index (χ0v) is 26.9. The molecule has 0 amide bonds. The second kappa shape index (κ2) is 13.0. The second-order valence-corrected chi connectivity index (χ2v) is 13.6. The number of phenols is 2. The number of aliphatic imine (C=N–C) groups is 2. The van der Waals surface area contributed by atoms with Crippen molar-refractivity contribution in [2.24, 2.45) is 9.98 Å². The van der Waals surface area contributed by atoms with Crippen LogP contribution in [-0.4, -0.2) is 22.6 Å². The fraction of sp³-hybridized carbons (Fsp3) is 0.333. The Morgan fingerprint density at radius 3 is 1.26 bits per heavy atom. The van der Waals surface area contributed by atoms with Crippen molar-refractivity contribution < 1.29 is 10.2 Å². The number of benzene rings is 4. The molecule has 0 unspecified atom stereocenters. The molecule has 43 heavy (non-hydrogen) atoms. The van der Waals surface area contributed by atoms with E-state index in [-0.39, 0.29) is 34.4 Å². The quantitative estimate of drug-likeness (QED) is 0.206. The summed E-state index contributed by atoms with van der Waals surface area (Å²) in [5.74, 6) is 0.548. The molecule has 0 radical (unpaired) electrons. The summed E-state index contributed by atoms with van der Waals surface area (Å²) in [5, 5.41) is 22.4. The molecule has 0 spiro atoms. The molecule has 0 aliphatic rings. The van der Waals surface area contributed by atoms with E-state index < -0.39 is 0 Å². The van der Waals surface area contributed by atoms with E-state index in [0.717, 1.165) is 33.4 Å². The van der Waals surface area contributed by atoms with Gasteiger partial charge in [-0.3, -0.25) is 9.98 Å². The number of hydrogen-bond donors (Lipinski definition) is 2. The first-order chi connectivity index (χ1) is 20.2. The van der Waals surface area contributed by atoms with Gasteiger partial charge in [-0.2, -0.15) is 0 Å². The van der Waals surface area contributed by atoms with Gasteiger partial charge in [-0.05, 0) is 59.1 Å². The molecule has 2 atom stereocenters. The average molecular weight is 575 g/mol. The predicted molar refractivity (Wildman–Crippen MR) is 181 cm³/mol. The maximum absolute atomic E-state index is 11.2. The third-order valence-electron chi connectivity index (χ3n) is 7.79. The summed E-state index contributed by atoms with van der Waals surface area (Å²) in [5.41, 5.74) is 7.17. The van der Waals surface area contributed by atoms with Crippen LogP contribution in [0.5, 0.6) is 11.5 Å². The standard InChI is InChI=1S/C39H46N2O2/c1-26-19-30(36(42)32(21-26)38(3,4)5)24-40-34(28-15-11-9-12-16-28)23-35(29-17-13-10-14-18-29)41-25-31-20-27(2)22-33(37(31)43)39(6,7)8/h9-22,24-25,34-35,42-43H,23H2,1-8H3/t34-,35-/m0/s1. The van der Waals surface area contributed by atoms with Crippen LogP contribution in [0.15, 0.2) is 94.9 Å². The summed E-state index contributed by atoms with van der Waals surface area (Å²) in [6, 6.07) is 28.1. The number of phenolic OH excluding ortho intramolecular Hbond substituents is 2. The Morgan fingerprint density at radius 1 is 0.581 bits per heavy atom. The Labute approximate surface area is 257 Å². The molecule has 0 aromatic heterocycles. The second-order valence-electron chi connectivity index (χ2n) is 13.6. The summed E-state index contributed by atoms with van der Waals surface area (Å²) >= 11 is 0. The monoisotopic (exact) mass is 574 g/mol. The third-order valence-corrected chi connectivity index (χ3v) is 7.79. The topological polar surface area (TPSA) is 65.2 Å². The first-order valence-corrected chi connectivity index (χ1v) is 15.1. The van der Waals surface area contributed by atoms with Crippen molar-refractivity contribution in [3.63, 3.8) is 0 Å². The normalized spacial score (nSPS) is 14.0. The summed E-state index contributed by atoms with van der Waals surface area (Å²) in [6.45, 7) is 16.7. The molecule has 0 saturated heterocycles. The molecule has 4 nitrogen and oxygen atoms in total. The molecule has 0 saturated carbocycles. The maximum atomic E-state index is 11.2. The molecule has 2 N–H and O–H groups in total. The summed E-state index contributed by atoms with van der Waals surface area (Å²) < 4.78 is 0. The van der Waals surface area contributed by atoms with Gasteiger partial charge in [-0.25, -0.2) is 0 Å².